The van der Waals surface area contributed by atoms with Gasteiger partial charge in [-0.15, -0.1) is 0 Å². The van der Waals surface area contributed by atoms with Crippen molar-refractivity contribution in [2.24, 2.45) is 0 Å². The monoisotopic (exact) mass is 254 g/mol. The van der Waals surface area contributed by atoms with Crippen LogP contribution >= 0.6 is 0 Å². The molecule has 0 atom stereocenters. The Balaban J connectivity index is 2.57. The number of hydrogen-bond donors (Lipinski definition) is 1. The second-order valence-electron chi connectivity index (χ2n) is 3.60. The molecular weight excluding hydrogens is 245 g/mol. The number of aromatic nitrogens is 2. The Morgan fingerprint density at radius 1 is 1.17 bits per heavy atom. The maximum Gasteiger partial charge on any atom is 0.433 e. The van der Waals surface area contributed by atoms with Gasteiger partial charge in [0.1, 0.15) is 5.69 Å². The van der Waals surface area contributed by atoms with Crippen molar-refractivity contribution in [2.45, 2.75) is 12.8 Å². The molecule has 0 aliphatic rings. The molecule has 0 radical (unpaired) electrons. The van der Waals surface area contributed by atoms with E-state index in [4.69, 9.17) is 5.11 Å². The Morgan fingerprint density at radius 2 is 1.94 bits per heavy atom. The molecule has 2 aromatic rings. The summed E-state index contributed by atoms with van der Waals surface area (Å²) >= 11 is 0. The number of pyridine rings is 2. The van der Waals surface area contributed by atoms with Crippen LogP contribution in [0.15, 0.2) is 36.7 Å². The highest BCUT2D eigenvalue weighted by Gasteiger charge is 2.33. The molecule has 94 valence electrons. The van der Waals surface area contributed by atoms with Crippen molar-refractivity contribution in [1.82, 2.24) is 9.97 Å². The summed E-state index contributed by atoms with van der Waals surface area (Å²) in [6, 6.07) is 5.26. The lowest BCUT2D eigenvalue weighted by Crippen LogP contribution is -2.09. The van der Waals surface area contributed by atoms with E-state index in [-0.39, 0.29) is 12.3 Å². The van der Waals surface area contributed by atoms with E-state index in [0.717, 1.165) is 6.07 Å². The van der Waals surface area contributed by atoms with Crippen molar-refractivity contribution in [3.05, 3.63) is 47.9 Å². The zero-order chi connectivity index (χ0) is 13.2. The molecule has 3 nitrogen and oxygen atoms in total. The summed E-state index contributed by atoms with van der Waals surface area (Å²) in [5.41, 5.74) is -0.123. The third kappa shape index (κ3) is 2.48. The molecule has 0 aromatic carbocycles. The summed E-state index contributed by atoms with van der Waals surface area (Å²) in [5, 5.41) is 9.13. The number of hydrogen-bond acceptors (Lipinski definition) is 3. The highest BCUT2D eigenvalue weighted by molar-refractivity contribution is 5.62. The summed E-state index contributed by atoms with van der Waals surface area (Å²) in [6.45, 7) is -0.380. The predicted molar refractivity (Wildman–Crippen MR) is 58.4 cm³/mol. The molecular formula is C12H9F3N2O. The fourth-order valence-electron chi connectivity index (χ4n) is 1.53. The Kier molecular flexibility index (Phi) is 3.29. The molecule has 2 rings (SSSR count). The molecule has 2 heterocycles. The number of aliphatic hydroxyl groups is 1. The Bertz CT molecular complexity index is 541. The molecule has 0 unspecified atom stereocenters. The van der Waals surface area contributed by atoms with Gasteiger partial charge in [-0.25, -0.2) is 4.98 Å². The standard InChI is InChI=1S/C12H9F3N2O/c13-12(14,15)10-4-3-9(7-18)11(17-10)8-2-1-5-16-6-8/h1-6,18H,7H2. The first-order chi connectivity index (χ1) is 8.52. The highest BCUT2D eigenvalue weighted by atomic mass is 19.4. The summed E-state index contributed by atoms with van der Waals surface area (Å²) in [4.78, 5) is 7.39. The van der Waals surface area contributed by atoms with Crippen molar-refractivity contribution < 1.29 is 18.3 Å². The zero-order valence-electron chi connectivity index (χ0n) is 9.15. The number of halogens is 3. The average Bonchev–Trinajstić information content (AvgIpc) is 2.38. The number of alkyl halides is 3. The SMILES string of the molecule is OCc1ccc(C(F)(F)F)nc1-c1cccnc1. The maximum atomic E-state index is 12.6. The molecule has 0 fully saturated rings. The molecule has 6 heteroatoms. The van der Waals surface area contributed by atoms with Crippen LogP contribution in [0.2, 0.25) is 0 Å². The second-order valence-corrected chi connectivity index (χ2v) is 3.60. The van der Waals surface area contributed by atoms with Crippen LogP contribution in [-0.4, -0.2) is 15.1 Å². The van der Waals surface area contributed by atoms with Gasteiger partial charge in [0.25, 0.3) is 0 Å². The number of nitrogens with zero attached hydrogens (tertiary/aromatic N) is 2. The van der Waals surface area contributed by atoms with Gasteiger partial charge in [0.15, 0.2) is 0 Å². The lowest BCUT2D eigenvalue weighted by Gasteiger charge is -2.11. The van der Waals surface area contributed by atoms with Gasteiger partial charge in [-0.3, -0.25) is 4.98 Å². The van der Waals surface area contributed by atoms with E-state index in [1.165, 1.54) is 18.5 Å². The first-order valence-corrected chi connectivity index (χ1v) is 5.11. The minimum atomic E-state index is -4.51. The molecule has 0 spiro atoms. The van der Waals surface area contributed by atoms with Crippen molar-refractivity contribution in [1.29, 1.82) is 0 Å². The number of rotatable bonds is 2. The van der Waals surface area contributed by atoms with Gasteiger partial charge in [-0.05, 0) is 18.2 Å². The predicted octanol–water partition coefficient (Wildman–Crippen LogP) is 2.65. The molecule has 0 aliphatic heterocycles. The van der Waals surface area contributed by atoms with Gasteiger partial charge in [0.2, 0.25) is 0 Å². The van der Waals surface area contributed by atoms with Crippen LogP contribution in [0.5, 0.6) is 0 Å². The van der Waals surface area contributed by atoms with Crippen LogP contribution in [0.3, 0.4) is 0 Å². The molecule has 0 saturated carbocycles. The van der Waals surface area contributed by atoms with Crippen molar-refractivity contribution >= 4 is 0 Å². The van der Waals surface area contributed by atoms with Crippen molar-refractivity contribution in [2.75, 3.05) is 0 Å². The van der Waals surface area contributed by atoms with Crippen LogP contribution in [-0.2, 0) is 12.8 Å². The Labute approximate surface area is 101 Å². The molecule has 1 N–H and O–H groups in total. The molecule has 18 heavy (non-hydrogen) atoms. The quantitative estimate of drug-likeness (QED) is 0.896. The van der Waals surface area contributed by atoms with Gasteiger partial charge >= 0.3 is 6.18 Å². The fourth-order valence-corrected chi connectivity index (χ4v) is 1.53. The lowest BCUT2D eigenvalue weighted by atomic mass is 10.1. The third-order valence-corrected chi connectivity index (χ3v) is 2.37. The Morgan fingerprint density at radius 3 is 2.50 bits per heavy atom. The normalized spacial score (nSPS) is 11.6. The molecule has 0 bridgehead atoms. The van der Waals surface area contributed by atoms with Crippen LogP contribution in [0.1, 0.15) is 11.3 Å². The van der Waals surface area contributed by atoms with Gasteiger partial charge in [0.05, 0.1) is 12.3 Å². The molecule has 2 aromatic heterocycles. The van der Waals surface area contributed by atoms with E-state index in [2.05, 4.69) is 9.97 Å². The van der Waals surface area contributed by atoms with Crippen LogP contribution in [0, 0.1) is 0 Å². The summed E-state index contributed by atoms with van der Waals surface area (Å²) < 4.78 is 37.7. The molecule has 0 saturated heterocycles. The van der Waals surface area contributed by atoms with E-state index in [9.17, 15) is 13.2 Å². The first kappa shape index (κ1) is 12.5. The van der Waals surface area contributed by atoms with Crippen LogP contribution < -0.4 is 0 Å². The van der Waals surface area contributed by atoms with E-state index < -0.39 is 11.9 Å². The van der Waals surface area contributed by atoms with E-state index in [0.29, 0.717) is 11.1 Å². The largest absolute Gasteiger partial charge is 0.433 e. The molecule has 0 amide bonds. The van der Waals surface area contributed by atoms with Crippen molar-refractivity contribution in [3.8, 4) is 11.3 Å². The Hall–Kier alpha value is -1.95. The van der Waals surface area contributed by atoms with E-state index >= 15 is 0 Å². The molecule has 0 aliphatic carbocycles. The summed E-state index contributed by atoms with van der Waals surface area (Å²) in [6.07, 6.45) is -1.59. The first-order valence-electron chi connectivity index (χ1n) is 5.11. The lowest BCUT2D eigenvalue weighted by molar-refractivity contribution is -0.141. The zero-order valence-corrected chi connectivity index (χ0v) is 9.15. The fraction of sp³-hybridized carbons (Fsp3) is 0.167. The van der Waals surface area contributed by atoms with Gasteiger partial charge in [-0.1, -0.05) is 6.07 Å². The smallest absolute Gasteiger partial charge is 0.392 e. The van der Waals surface area contributed by atoms with Crippen molar-refractivity contribution in [3.63, 3.8) is 0 Å². The summed E-state index contributed by atoms with van der Waals surface area (Å²) in [5.74, 6) is 0. The minimum Gasteiger partial charge on any atom is -0.392 e. The topological polar surface area (TPSA) is 46.0 Å². The van der Waals surface area contributed by atoms with Crippen LogP contribution in [0.25, 0.3) is 11.3 Å². The highest BCUT2D eigenvalue weighted by Crippen LogP contribution is 2.30. The van der Waals surface area contributed by atoms with E-state index in [1.807, 2.05) is 0 Å². The number of aliphatic hydroxyl groups excluding tert-OH is 1. The van der Waals surface area contributed by atoms with E-state index in [1.54, 1.807) is 12.1 Å². The second kappa shape index (κ2) is 4.73. The van der Waals surface area contributed by atoms with Gasteiger partial charge in [0, 0.05) is 23.5 Å². The minimum absolute atomic E-state index is 0.0976. The van der Waals surface area contributed by atoms with Crippen LogP contribution in [0.4, 0.5) is 13.2 Å². The summed E-state index contributed by atoms with van der Waals surface area (Å²) in [7, 11) is 0. The van der Waals surface area contributed by atoms with Gasteiger partial charge in [-0.2, -0.15) is 13.2 Å². The third-order valence-electron chi connectivity index (χ3n) is 2.37. The average molecular weight is 254 g/mol. The maximum absolute atomic E-state index is 12.6. The van der Waals surface area contributed by atoms with Gasteiger partial charge < -0.3 is 5.11 Å².